The van der Waals surface area contributed by atoms with Gasteiger partial charge in [-0.3, -0.25) is 0 Å². The minimum atomic E-state index is 0.323. The van der Waals surface area contributed by atoms with E-state index in [9.17, 15) is 5.11 Å². The number of benzene rings is 2. The molecule has 1 fully saturated rings. The zero-order chi connectivity index (χ0) is 17.1. The molecule has 0 radical (unpaired) electrons. The topological polar surface area (TPSA) is 38.1 Å². The van der Waals surface area contributed by atoms with Crippen molar-refractivity contribution in [3.63, 3.8) is 0 Å². The summed E-state index contributed by atoms with van der Waals surface area (Å²) in [7, 11) is 0. The molecule has 1 aliphatic carbocycles. The van der Waals surface area contributed by atoms with Crippen LogP contribution in [0.2, 0.25) is 0 Å². The van der Waals surface area contributed by atoms with Gasteiger partial charge in [-0.1, -0.05) is 49.9 Å². The van der Waals surface area contributed by atoms with E-state index in [-0.39, 0.29) is 0 Å². The Morgan fingerprint density at radius 2 is 1.76 bits per heavy atom. The van der Waals surface area contributed by atoms with Crippen LogP contribution >= 0.6 is 0 Å². The van der Waals surface area contributed by atoms with Crippen LogP contribution in [-0.4, -0.2) is 14.7 Å². The molecule has 0 amide bonds. The number of para-hydroxylation sites is 2. The van der Waals surface area contributed by atoms with E-state index in [1.54, 1.807) is 6.07 Å². The van der Waals surface area contributed by atoms with Crippen molar-refractivity contribution in [2.45, 2.75) is 51.5 Å². The molecule has 2 aromatic carbocycles. The Morgan fingerprint density at radius 1 is 0.960 bits per heavy atom. The Balaban J connectivity index is 1.67. The van der Waals surface area contributed by atoms with E-state index in [4.69, 9.17) is 4.98 Å². The molecule has 3 nitrogen and oxygen atoms in total. The highest BCUT2D eigenvalue weighted by Gasteiger charge is 2.17. The average Bonchev–Trinajstić information content (AvgIpc) is 2.78. The molecule has 3 aromatic rings. The molecular formula is C22H26N2O. The number of hydrogen-bond donors (Lipinski definition) is 1. The number of nitrogens with zero attached hydrogens (tertiary/aromatic N) is 2. The maximum atomic E-state index is 9.77. The van der Waals surface area contributed by atoms with Crippen LogP contribution in [0.25, 0.3) is 11.0 Å². The molecule has 4 rings (SSSR count). The van der Waals surface area contributed by atoms with Gasteiger partial charge >= 0.3 is 0 Å². The molecule has 25 heavy (non-hydrogen) atoms. The summed E-state index contributed by atoms with van der Waals surface area (Å²) in [5.74, 6) is 2.18. The van der Waals surface area contributed by atoms with Crippen LogP contribution in [0, 0.1) is 5.92 Å². The number of phenols is 1. The van der Waals surface area contributed by atoms with E-state index in [2.05, 4.69) is 34.9 Å². The Morgan fingerprint density at radius 3 is 2.56 bits per heavy atom. The molecule has 0 unspecified atom stereocenters. The lowest BCUT2D eigenvalue weighted by Crippen LogP contribution is -2.13. The number of imidazole rings is 1. The summed E-state index contributed by atoms with van der Waals surface area (Å²) in [5, 5.41) is 9.77. The first kappa shape index (κ1) is 16.2. The van der Waals surface area contributed by atoms with Crippen LogP contribution in [0.15, 0.2) is 48.5 Å². The van der Waals surface area contributed by atoms with Crippen LogP contribution in [0.5, 0.6) is 5.75 Å². The van der Waals surface area contributed by atoms with Crippen LogP contribution in [-0.2, 0) is 13.0 Å². The number of hydrogen-bond acceptors (Lipinski definition) is 2. The quantitative estimate of drug-likeness (QED) is 0.657. The van der Waals surface area contributed by atoms with Gasteiger partial charge < -0.3 is 9.67 Å². The van der Waals surface area contributed by atoms with Gasteiger partial charge in [-0.2, -0.15) is 0 Å². The van der Waals surface area contributed by atoms with E-state index in [1.807, 2.05) is 12.1 Å². The molecule has 0 atom stereocenters. The van der Waals surface area contributed by atoms with Crippen molar-refractivity contribution in [3.8, 4) is 5.75 Å². The van der Waals surface area contributed by atoms with Crippen LogP contribution in [0.4, 0.5) is 0 Å². The molecule has 0 bridgehead atoms. The minimum Gasteiger partial charge on any atom is -0.508 e. The van der Waals surface area contributed by atoms with Crippen molar-refractivity contribution in [1.82, 2.24) is 9.55 Å². The standard InChI is InChI=1S/C22H26N2O/c25-19-11-7-10-18(14-19)15-22-23-20-12-5-6-13-21(20)24(22)16-17-8-3-1-2-4-9-17/h5-7,10-14,17,25H,1-4,8-9,15-16H2. The second kappa shape index (κ2) is 7.30. The van der Waals surface area contributed by atoms with Gasteiger partial charge in [0.15, 0.2) is 0 Å². The normalized spacial score (nSPS) is 16.2. The summed E-state index contributed by atoms with van der Waals surface area (Å²) in [6.45, 7) is 1.06. The summed E-state index contributed by atoms with van der Waals surface area (Å²) in [6, 6.07) is 16.0. The lowest BCUT2D eigenvalue weighted by molar-refractivity contribution is 0.395. The van der Waals surface area contributed by atoms with Crippen molar-refractivity contribution in [3.05, 3.63) is 59.9 Å². The van der Waals surface area contributed by atoms with E-state index in [0.717, 1.165) is 35.8 Å². The van der Waals surface area contributed by atoms with Gasteiger partial charge in [0.25, 0.3) is 0 Å². The molecule has 1 aromatic heterocycles. The molecule has 1 saturated carbocycles. The summed E-state index contributed by atoms with van der Waals surface area (Å²) < 4.78 is 2.43. The molecule has 130 valence electrons. The summed E-state index contributed by atoms with van der Waals surface area (Å²) in [5.41, 5.74) is 3.42. The van der Waals surface area contributed by atoms with E-state index in [0.29, 0.717) is 5.75 Å². The number of aromatic nitrogens is 2. The Hall–Kier alpha value is -2.29. The van der Waals surface area contributed by atoms with Gasteiger partial charge in [-0.15, -0.1) is 0 Å². The summed E-state index contributed by atoms with van der Waals surface area (Å²) in [6.07, 6.45) is 8.92. The fourth-order valence-corrected chi connectivity index (χ4v) is 4.12. The highest BCUT2D eigenvalue weighted by Crippen LogP contribution is 2.27. The van der Waals surface area contributed by atoms with E-state index in [1.165, 1.54) is 44.0 Å². The Kier molecular flexibility index (Phi) is 4.73. The van der Waals surface area contributed by atoms with Gasteiger partial charge in [0.1, 0.15) is 11.6 Å². The molecule has 0 saturated heterocycles. The van der Waals surface area contributed by atoms with Gasteiger partial charge in [-0.05, 0) is 48.6 Å². The largest absolute Gasteiger partial charge is 0.508 e. The second-order valence-corrected chi connectivity index (χ2v) is 7.33. The van der Waals surface area contributed by atoms with Gasteiger partial charge in [-0.25, -0.2) is 4.98 Å². The van der Waals surface area contributed by atoms with Crippen molar-refractivity contribution in [2.75, 3.05) is 0 Å². The monoisotopic (exact) mass is 334 g/mol. The van der Waals surface area contributed by atoms with Crippen LogP contribution in [0.3, 0.4) is 0 Å². The summed E-state index contributed by atoms with van der Waals surface area (Å²) in [4.78, 5) is 4.91. The average molecular weight is 334 g/mol. The van der Waals surface area contributed by atoms with E-state index < -0.39 is 0 Å². The second-order valence-electron chi connectivity index (χ2n) is 7.33. The smallest absolute Gasteiger partial charge is 0.115 e. The van der Waals surface area contributed by atoms with Crippen molar-refractivity contribution in [2.24, 2.45) is 5.92 Å². The number of fused-ring (bicyclic) bond motifs is 1. The highest BCUT2D eigenvalue weighted by atomic mass is 16.3. The number of aromatic hydroxyl groups is 1. The van der Waals surface area contributed by atoms with Gasteiger partial charge in [0.2, 0.25) is 0 Å². The third-order valence-corrected chi connectivity index (χ3v) is 5.42. The Labute approximate surface area is 149 Å². The van der Waals surface area contributed by atoms with Crippen LogP contribution < -0.4 is 0 Å². The molecule has 3 heteroatoms. The predicted molar refractivity (Wildman–Crippen MR) is 102 cm³/mol. The van der Waals surface area contributed by atoms with E-state index >= 15 is 0 Å². The van der Waals surface area contributed by atoms with Crippen molar-refractivity contribution >= 4 is 11.0 Å². The molecular weight excluding hydrogens is 308 g/mol. The predicted octanol–water partition coefficient (Wildman–Crippen LogP) is 5.30. The third kappa shape index (κ3) is 3.71. The first-order chi connectivity index (χ1) is 12.3. The van der Waals surface area contributed by atoms with Gasteiger partial charge in [0, 0.05) is 13.0 Å². The first-order valence-electron chi connectivity index (χ1n) is 9.51. The maximum Gasteiger partial charge on any atom is 0.115 e. The van der Waals surface area contributed by atoms with Gasteiger partial charge in [0.05, 0.1) is 11.0 Å². The minimum absolute atomic E-state index is 0.323. The first-order valence-corrected chi connectivity index (χ1v) is 9.51. The number of rotatable bonds is 4. The fourth-order valence-electron chi connectivity index (χ4n) is 4.12. The molecule has 1 heterocycles. The van der Waals surface area contributed by atoms with Crippen molar-refractivity contribution in [1.29, 1.82) is 0 Å². The lowest BCUT2D eigenvalue weighted by atomic mass is 10.00. The molecule has 1 aliphatic rings. The molecule has 0 aliphatic heterocycles. The Bertz CT molecular complexity index is 844. The SMILES string of the molecule is Oc1cccc(Cc2nc3ccccc3n2CC2CCCCCC2)c1. The summed E-state index contributed by atoms with van der Waals surface area (Å²) >= 11 is 0. The third-order valence-electron chi connectivity index (χ3n) is 5.42. The lowest BCUT2D eigenvalue weighted by Gasteiger charge is -2.17. The zero-order valence-electron chi connectivity index (χ0n) is 14.7. The highest BCUT2D eigenvalue weighted by molar-refractivity contribution is 5.76. The number of phenolic OH excluding ortho intramolecular Hbond substituents is 1. The van der Waals surface area contributed by atoms with Crippen molar-refractivity contribution < 1.29 is 5.11 Å². The fraction of sp³-hybridized carbons (Fsp3) is 0.409. The maximum absolute atomic E-state index is 9.77. The van der Waals surface area contributed by atoms with Crippen LogP contribution in [0.1, 0.15) is 49.9 Å². The molecule has 1 N–H and O–H groups in total. The molecule has 0 spiro atoms. The zero-order valence-corrected chi connectivity index (χ0v) is 14.7.